The van der Waals surface area contributed by atoms with Crippen molar-refractivity contribution in [1.82, 2.24) is 19.6 Å². The summed E-state index contributed by atoms with van der Waals surface area (Å²) in [7, 11) is 0. The molecule has 28 heavy (non-hydrogen) atoms. The molecule has 2 heterocycles. The lowest BCUT2D eigenvalue weighted by atomic mass is 10.2. The summed E-state index contributed by atoms with van der Waals surface area (Å²) in [6, 6.07) is 5.99. The van der Waals surface area contributed by atoms with Crippen molar-refractivity contribution in [2.75, 3.05) is 5.32 Å². The number of rotatable bonds is 5. The van der Waals surface area contributed by atoms with E-state index in [9.17, 15) is 22.4 Å². The molecule has 0 saturated carbocycles. The maximum Gasteiger partial charge on any atom is 0.436 e. The number of hydrogen-bond donors (Lipinski definition) is 1. The average Bonchev–Trinajstić information content (AvgIpc) is 3.13. The molecule has 2 aromatic heterocycles. The van der Waals surface area contributed by atoms with Crippen molar-refractivity contribution in [1.29, 1.82) is 0 Å². The van der Waals surface area contributed by atoms with Crippen molar-refractivity contribution in [2.24, 2.45) is 0 Å². The first kappa shape index (κ1) is 19.9. The van der Waals surface area contributed by atoms with Gasteiger partial charge in [0.05, 0.1) is 29.1 Å². The van der Waals surface area contributed by atoms with E-state index in [0.29, 0.717) is 11.3 Å². The molecular formula is C17H14ClF4N5O. The highest BCUT2D eigenvalue weighted by Gasteiger charge is 2.38. The Labute approximate surface area is 161 Å². The normalized spacial score (nSPS) is 11.6. The first-order chi connectivity index (χ1) is 13.1. The zero-order valence-corrected chi connectivity index (χ0v) is 15.2. The van der Waals surface area contributed by atoms with Crippen molar-refractivity contribution in [3.8, 4) is 0 Å². The summed E-state index contributed by atoms with van der Waals surface area (Å²) in [6.07, 6.45) is -1.81. The van der Waals surface area contributed by atoms with Gasteiger partial charge in [-0.25, -0.2) is 4.39 Å². The van der Waals surface area contributed by atoms with E-state index in [2.05, 4.69) is 15.5 Å². The molecule has 0 fully saturated rings. The van der Waals surface area contributed by atoms with Gasteiger partial charge in [-0.3, -0.25) is 14.2 Å². The summed E-state index contributed by atoms with van der Waals surface area (Å²) < 4.78 is 54.1. The second kappa shape index (κ2) is 7.63. The fourth-order valence-electron chi connectivity index (χ4n) is 2.53. The molecule has 3 aromatic rings. The van der Waals surface area contributed by atoms with Crippen molar-refractivity contribution in [2.45, 2.75) is 26.2 Å². The Kier molecular flexibility index (Phi) is 5.41. The average molecular weight is 416 g/mol. The molecule has 0 aliphatic carbocycles. The van der Waals surface area contributed by atoms with Crippen molar-refractivity contribution in [3.63, 3.8) is 0 Å². The summed E-state index contributed by atoms with van der Waals surface area (Å²) in [5, 5.41) is 9.41. The molecule has 0 saturated heterocycles. The maximum atomic E-state index is 13.2. The minimum absolute atomic E-state index is 0.0333. The second-order valence-corrected chi connectivity index (χ2v) is 6.39. The predicted octanol–water partition coefficient (Wildman–Crippen LogP) is 3.89. The lowest BCUT2D eigenvalue weighted by Crippen LogP contribution is -2.20. The van der Waals surface area contributed by atoms with Gasteiger partial charge in [0.2, 0.25) is 5.91 Å². The monoisotopic (exact) mass is 415 g/mol. The van der Waals surface area contributed by atoms with E-state index in [0.717, 1.165) is 4.68 Å². The third kappa shape index (κ3) is 4.50. The van der Waals surface area contributed by atoms with E-state index < -0.39 is 29.3 Å². The van der Waals surface area contributed by atoms with Crippen LogP contribution < -0.4 is 5.32 Å². The minimum Gasteiger partial charge on any atom is -0.322 e. The first-order valence-corrected chi connectivity index (χ1v) is 8.38. The van der Waals surface area contributed by atoms with Gasteiger partial charge in [-0.2, -0.15) is 23.4 Å². The molecule has 1 amide bonds. The summed E-state index contributed by atoms with van der Waals surface area (Å²) in [4.78, 5) is 12.1. The van der Waals surface area contributed by atoms with E-state index in [4.69, 9.17) is 11.6 Å². The summed E-state index contributed by atoms with van der Waals surface area (Å²) >= 11 is 5.66. The Bertz CT molecular complexity index is 1010. The number of halogens is 5. The largest absolute Gasteiger partial charge is 0.436 e. The maximum absolute atomic E-state index is 13.2. The van der Waals surface area contributed by atoms with Gasteiger partial charge < -0.3 is 5.32 Å². The highest BCUT2D eigenvalue weighted by atomic mass is 35.5. The van der Waals surface area contributed by atoms with Crippen LogP contribution in [0.4, 0.5) is 23.2 Å². The molecule has 0 bridgehead atoms. The van der Waals surface area contributed by atoms with Crippen LogP contribution in [0.15, 0.2) is 36.7 Å². The Morgan fingerprint density at radius 3 is 2.71 bits per heavy atom. The highest BCUT2D eigenvalue weighted by Crippen LogP contribution is 2.35. The Hall–Kier alpha value is -2.88. The molecule has 0 unspecified atom stereocenters. The number of benzene rings is 1. The Morgan fingerprint density at radius 1 is 1.32 bits per heavy atom. The zero-order chi connectivity index (χ0) is 20.5. The van der Waals surface area contributed by atoms with Crippen LogP contribution in [-0.4, -0.2) is 25.5 Å². The van der Waals surface area contributed by atoms with Crippen LogP contribution in [0.2, 0.25) is 5.02 Å². The van der Waals surface area contributed by atoms with Gasteiger partial charge in [0.15, 0.2) is 5.69 Å². The number of alkyl halides is 3. The van der Waals surface area contributed by atoms with Crippen LogP contribution >= 0.6 is 11.6 Å². The molecule has 0 radical (unpaired) electrons. The summed E-state index contributed by atoms with van der Waals surface area (Å²) in [6.45, 7) is 1.18. The Balaban J connectivity index is 1.65. The molecule has 1 N–H and O–H groups in total. The quantitative estimate of drug-likeness (QED) is 0.643. The van der Waals surface area contributed by atoms with Crippen LogP contribution in [0.5, 0.6) is 0 Å². The number of carbonyl (C=O) groups excluding carboxylic acids is 1. The van der Waals surface area contributed by atoms with Gasteiger partial charge in [-0.15, -0.1) is 0 Å². The van der Waals surface area contributed by atoms with Gasteiger partial charge in [0.25, 0.3) is 0 Å². The molecule has 0 aliphatic heterocycles. The second-order valence-electron chi connectivity index (χ2n) is 6.01. The molecule has 11 heteroatoms. The fourth-order valence-corrected chi connectivity index (χ4v) is 2.78. The number of carbonyl (C=O) groups is 1. The lowest BCUT2D eigenvalue weighted by molar-refractivity contribution is -0.141. The van der Waals surface area contributed by atoms with Crippen molar-refractivity contribution < 1.29 is 22.4 Å². The molecule has 148 valence electrons. The molecule has 0 spiro atoms. The van der Waals surface area contributed by atoms with Crippen molar-refractivity contribution >= 4 is 23.2 Å². The van der Waals surface area contributed by atoms with Gasteiger partial charge in [0, 0.05) is 6.20 Å². The third-order valence-corrected chi connectivity index (χ3v) is 4.30. The topological polar surface area (TPSA) is 64.7 Å². The molecule has 3 rings (SSSR count). The van der Waals surface area contributed by atoms with E-state index >= 15 is 0 Å². The number of nitrogens with one attached hydrogen (secondary N) is 1. The first-order valence-electron chi connectivity index (χ1n) is 8.00. The number of nitrogens with zero attached hydrogens (tertiary/aromatic N) is 4. The van der Waals surface area contributed by atoms with Crippen LogP contribution in [0.3, 0.4) is 0 Å². The number of amides is 1. The van der Waals surface area contributed by atoms with Crippen LogP contribution in [-0.2, 0) is 24.1 Å². The third-order valence-electron chi connectivity index (χ3n) is 3.85. The standard InChI is InChI=1S/C17H14ClF4N5O/c1-10-15(18)16(17(20,21)22)25-27(10)9-14(28)24-13-6-23-26(8-13)7-11-3-2-4-12(19)5-11/h2-6,8H,7,9H2,1H3,(H,24,28). The SMILES string of the molecule is Cc1c(Cl)c(C(F)(F)F)nn1CC(=O)Nc1cnn(Cc2cccc(F)c2)c1. The predicted molar refractivity (Wildman–Crippen MR) is 93.3 cm³/mol. The molecule has 0 aliphatic rings. The molecular weight excluding hydrogens is 402 g/mol. The van der Waals surface area contributed by atoms with E-state index in [1.165, 1.54) is 36.1 Å². The van der Waals surface area contributed by atoms with Gasteiger partial charge in [-0.05, 0) is 24.6 Å². The van der Waals surface area contributed by atoms with Gasteiger partial charge in [-0.1, -0.05) is 23.7 Å². The lowest BCUT2D eigenvalue weighted by Gasteiger charge is -2.05. The fraction of sp³-hybridized carbons (Fsp3) is 0.235. The smallest absolute Gasteiger partial charge is 0.322 e. The number of anilines is 1. The van der Waals surface area contributed by atoms with Crippen LogP contribution in [0.25, 0.3) is 0 Å². The number of hydrogen-bond acceptors (Lipinski definition) is 3. The van der Waals surface area contributed by atoms with Crippen LogP contribution in [0.1, 0.15) is 17.0 Å². The van der Waals surface area contributed by atoms with E-state index in [-0.39, 0.29) is 18.1 Å². The van der Waals surface area contributed by atoms with Crippen molar-refractivity contribution in [3.05, 3.63) is 64.5 Å². The van der Waals surface area contributed by atoms with Crippen LogP contribution in [0, 0.1) is 12.7 Å². The minimum atomic E-state index is -4.71. The summed E-state index contributed by atoms with van der Waals surface area (Å²) in [5.41, 5.74) is -0.177. The highest BCUT2D eigenvalue weighted by molar-refractivity contribution is 6.32. The van der Waals surface area contributed by atoms with Gasteiger partial charge in [0.1, 0.15) is 12.4 Å². The molecule has 0 atom stereocenters. The van der Waals surface area contributed by atoms with Gasteiger partial charge >= 0.3 is 6.18 Å². The zero-order valence-electron chi connectivity index (χ0n) is 14.5. The van der Waals surface area contributed by atoms with E-state index in [1.54, 1.807) is 12.1 Å². The summed E-state index contributed by atoms with van der Waals surface area (Å²) in [5.74, 6) is -0.967. The van der Waals surface area contributed by atoms with E-state index in [1.807, 2.05) is 0 Å². The Morgan fingerprint density at radius 2 is 2.07 bits per heavy atom. The molecule has 6 nitrogen and oxygen atoms in total. The molecule has 1 aromatic carbocycles. The number of aromatic nitrogens is 4.